The van der Waals surface area contributed by atoms with Gasteiger partial charge in [-0.2, -0.15) is 0 Å². The van der Waals surface area contributed by atoms with Gasteiger partial charge in [0.1, 0.15) is 11.1 Å². The molecule has 0 aromatic heterocycles. The molecule has 10 nitrogen and oxygen atoms in total. The average molecular weight is 581 g/mol. The third kappa shape index (κ3) is 4.71. The Labute approximate surface area is 250 Å². The summed E-state index contributed by atoms with van der Waals surface area (Å²) in [5, 5.41) is 6.10. The molecule has 10 heteroatoms. The van der Waals surface area contributed by atoms with E-state index in [9.17, 15) is 19.2 Å². The lowest BCUT2D eigenvalue weighted by Crippen LogP contribution is -2.68. The lowest BCUT2D eigenvalue weighted by atomic mass is 9.69. The number of rotatable bonds is 4. The zero-order chi connectivity index (χ0) is 31.3. The highest BCUT2D eigenvalue weighted by molar-refractivity contribution is 6.08. The van der Waals surface area contributed by atoms with Gasteiger partial charge in [0.25, 0.3) is 11.8 Å². The maximum atomic E-state index is 13.7. The Kier molecular flexibility index (Phi) is 6.72. The number of benzene rings is 1. The molecule has 0 atom stereocenters. The summed E-state index contributed by atoms with van der Waals surface area (Å²) in [6.07, 6.45) is 2.16. The van der Waals surface area contributed by atoms with Crippen LogP contribution in [0.2, 0.25) is 0 Å². The summed E-state index contributed by atoms with van der Waals surface area (Å²) in [5.74, 6) is -0.362. The number of hydrogen-bond donors (Lipinski definition) is 2. The van der Waals surface area contributed by atoms with Crippen molar-refractivity contribution in [3.63, 3.8) is 0 Å². The molecule has 4 fully saturated rings. The molecule has 2 spiro atoms. The summed E-state index contributed by atoms with van der Waals surface area (Å²) >= 11 is 0. The molecule has 0 unspecified atom stereocenters. The van der Waals surface area contributed by atoms with Crippen molar-refractivity contribution in [2.75, 3.05) is 14.1 Å². The molecule has 42 heavy (non-hydrogen) atoms. The first-order valence-corrected chi connectivity index (χ1v) is 15.0. The second-order valence-corrected chi connectivity index (χ2v) is 15.7. The summed E-state index contributed by atoms with van der Waals surface area (Å²) < 4.78 is 0. The molecular formula is C32H48N6O4. The van der Waals surface area contributed by atoms with Crippen LogP contribution in [0.25, 0.3) is 0 Å². The minimum Gasteiger partial charge on any atom is -0.323 e. The smallest absolute Gasteiger partial charge is 0.323 e. The van der Waals surface area contributed by atoms with E-state index in [1.807, 2.05) is 24.3 Å². The van der Waals surface area contributed by atoms with Crippen LogP contribution in [0.15, 0.2) is 24.3 Å². The van der Waals surface area contributed by atoms with Gasteiger partial charge in [0.2, 0.25) is 0 Å². The van der Waals surface area contributed by atoms with Gasteiger partial charge in [0, 0.05) is 22.2 Å². The average Bonchev–Trinajstić information content (AvgIpc) is 3.19. The first-order chi connectivity index (χ1) is 19.1. The van der Waals surface area contributed by atoms with E-state index in [1.165, 1.54) is 9.80 Å². The van der Waals surface area contributed by atoms with Crippen LogP contribution in [0.4, 0.5) is 9.59 Å². The Balaban J connectivity index is 1.28. The molecule has 4 aliphatic rings. The van der Waals surface area contributed by atoms with E-state index in [0.717, 1.165) is 11.1 Å². The second kappa shape index (κ2) is 9.26. The zero-order valence-electron chi connectivity index (χ0n) is 27.0. The van der Waals surface area contributed by atoms with Crippen LogP contribution >= 0.6 is 0 Å². The molecule has 230 valence electrons. The molecule has 5 rings (SSSR count). The quantitative estimate of drug-likeness (QED) is 0.525. The summed E-state index contributed by atoms with van der Waals surface area (Å²) in [5.41, 5.74) is -1.30. The first kappa shape index (κ1) is 30.5. The van der Waals surface area contributed by atoms with E-state index in [1.54, 1.807) is 0 Å². The minimum absolute atomic E-state index is 0.160. The lowest BCUT2D eigenvalue weighted by molar-refractivity contribution is -0.140. The van der Waals surface area contributed by atoms with Gasteiger partial charge in [-0.15, -0.1) is 0 Å². The number of likely N-dealkylation sites (tertiary alicyclic amines) is 2. The third-order valence-corrected chi connectivity index (χ3v) is 10.8. The standard InChI is InChI=1S/C32H48N6O4/c1-27(2)17-31(18-28(3,4)35(27)9)23(39)37(25(41)33-31)15-21-11-13-22(14-12-21)16-38-24(40)32(34-26(38)42)19-29(5,6)36(10)30(7,8)20-32/h11-14H,15-20H2,1-10H3,(H,33,41)(H,34,42). The highest BCUT2D eigenvalue weighted by Crippen LogP contribution is 2.46. The van der Waals surface area contributed by atoms with Crippen molar-refractivity contribution < 1.29 is 19.2 Å². The highest BCUT2D eigenvalue weighted by Gasteiger charge is 2.61. The summed E-state index contributed by atoms with van der Waals surface area (Å²) in [6.45, 7) is 17.2. The molecule has 6 amide bonds. The van der Waals surface area contributed by atoms with Crippen LogP contribution in [0.1, 0.15) is 92.2 Å². The zero-order valence-corrected chi connectivity index (χ0v) is 27.0. The van der Waals surface area contributed by atoms with Gasteiger partial charge >= 0.3 is 12.1 Å². The Morgan fingerprint density at radius 3 is 1.07 bits per heavy atom. The van der Waals surface area contributed by atoms with Gasteiger partial charge in [0.05, 0.1) is 13.1 Å². The van der Waals surface area contributed by atoms with Crippen molar-refractivity contribution >= 4 is 23.9 Å². The Morgan fingerprint density at radius 1 is 0.548 bits per heavy atom. The molecule has 0 saturated carbocycles. The number of hydrogen-bond acceptors (Lipinski definition) is 6. The van der Waals surface area contributed by atoms with Crippen LogP contribution in [-0.2, 0) is 22.7 Å². The van der Waals surface area contributed by atoms with E-state index >= 15 is 0 Å². The second-order valence-electron chi connectivity index (χ2n) is 15.7. The highest BCUT2D eigenvalue weighted by atomic mass is 16.2. The normalized spacial score (nSPS) is 27.6. The molecule has 4 aliphatic heterocycles. The molecule has 0 bridgehead atoms. The Morgan fingerprint density at radius 2 is 0.810 bits per heavy atom. The maximum Gasteiger partial charge on any atom is 0.325 e. The van der Waals surface area contributed by atoms with Gasteiger partial charge in [-0.1, -0.05) is 24.3 Å². The number of imide groups is 2. The van der Waals surface area contributed by atoms with Crippen LogP contribution in [-0.4, -0.2) is 90.8 Å². The number of nitrogens with zero attached hydrogens (tertiary/aromatic N) is 4. The van der Waals surface area contributed by atoms with Crippen molar-refractivity contribution in [1.82, 2.24) is 30.2 Å². The molecule has 0 radical (unpaired) electrons. The fraction of sp³-hybridized carbons (Fsp3) is 0.688. The van der Waals surface area contributed by atoms with Crippen LogP contribution in [0.5, 0.6) is 0 Å². The Bertz CT molecular complexity index is 1190. The van der Waals surface area contributed by atoms with Gasteiger partial charge in [-0.3, -0.25) is 29.2 Å². The topological polar surface area (TPSA) is 105 Å². The number of nitrogens with one attached hydrogen (secondary N) is 2. The largest absolute Gasteiger partial charge is 0.325 e. The van der Waals surface area contributed by atoms with Crippen LogP contribution < -0.4 is 10.6 Å². The third-order valence-electron chi connectivity index (χ3n) is 10.8. The lowest BCUT2D eigenvalue weighted by Gasteiger charge is -2.56. The van der Waals surface area contributed by atoms with Gasteiger partial charge in [0.15, 0.2) is 0 Å². The SMILES string of the molecule is CN1C(C)(C)CC2(CC1(C)C)NC(=O)N(Cc1ccc(CN3C(=O)NC4(CC(C)(C)N(C)C(C)(C)C4)C3=O)cc1)C2=O. The van der Waals surface area contributed by atoms with Crippen LogP contribution in [0, 0.1) is 0 Å². The minimum atomic E-state index is -0.924. The van der Waals surface area contributed by atoms with Crippen molar-refractivity contribution in [3.8, 4) is 0 Å². The maximum absolute atomic E-state index is 13.7. The van der Waals surface area contributed by atoms with Crippen molar-refractivity contribution in [2.45, 2.75) is 127 Å². The molecule has 2 N–H and O–H groups in total. The van der Waals surface area contributed by atoms with Crippen molar-refractivity contribution in [1.29, 1.82) is 0 Å². The first-order valence-electron chi connectivity index (χ1n) is 15.0. The van der Waals surface area contributed by atoms with E-state index in [4.69, 9.17) is 0 Å². The van der Waals surface area contributed by atoms with Gasteiger partial charge in [-0.25, -0.2) is 9.59 Å². The van der Waals surface area contributed by atoms with E-state index in [2.05, 4.69) is 89.9 Å². The summed E-state index contributed by atoms with van der Waals surface area (Å²) in [4.78, 5) is 60.9. The Hall–Kier alpha value is -2.98. The molecule has 1 aromatic rings. The number of amides is 6. The number of carbonyl (C=O) groups is 4. The number of urea groups is 2. The van der Waals surface area contributed by atoms with Crippen molar-refractivity contribution in [3.05, 3.63) is 35.4 Å². The molecule has 0 aliphatic carbocycles. The van der Waals surface area contributed by atoms with Gasteiger partial charge in [-0.05, 0) is 106 Å². The van der Waals surface area contributed by atoms with Crippen LogP contribution in [0.3, 0.4) is 0 Å². The van der Waals surface area contributed by atoms with E-state index < -0.39 is 11.1 Å². The monoisotopic (exact) mass is 580 g/mol. The number of piperidine rings is 2. The molecular weight excluding hydrogens is 532 g/mol. The fourth-order valence-corrected chi connectivity index (χ4v) is 8.43. The molecule has 4 heterocycles. The summed E-state index contributed by atoms with van der Waals surface area (Å²) in [7, 11) is 4.14. The fourth-order valence-electron chi connectivity index (χ4n) is 8.43. The van der Waals surface area contributed by atoms with E-state index in [0.29, 0.717) is 25.7 Å². The predicted octanol–water partition coefficient (Wildman–Crippen LogP) is 3.83. The van der Waals surface area contributed by atoms with Gasteiger partial charge < -0.3 is 10.6 Å². The summed E-state index contributed by atoms with van der Waals surface area (Å²) in [6, 6.07) is 6.71. The van der Waals surface area contributed by atoms with Crippen molar-refractivity contribution in [2.24, 2.45) is 0 Å². The predicted molar refractivity (Wildman–Crippen MR) is 160 cm³/mol. The molecule has 4 saturated heterocycles. The molecule has 1 aromatic carbocycles. The van der Waals surface area contributed by atoms with E-state index in [-0.39, 0.29) is 59.1 Å². The number of carbonyl (C=O) groups excluding carboxylic acids is 4.